The van der Waals surface area contributed by atoms with E-state index in [0.717, 1.165) is 18.9 Å². The number of piperidine rings is 1. The molecule has 47 heavy (non-hydrogen) atoms. The molecule has 5 heterocycles. The van der Waals surface area contributed by atoms with Gasteiger partial charge in [0.05, 0.1) is 22.4 Å². The van der Waals surface area contributed by atoms with Crippen LogP contribution >= 0.6 is 11.3 Å². The summed E-state index contributed by atoms with van der Waals surface area (Å²) in [6.45, 7) is 3.28. The quantitative estimate of drug-likeness (QED) is 0.238. The summed E-state index contributed by atoms with van der Waals surface area (Å²) in [7, 11) is 1.83. The summed E-state index contributed by atoms with van der Waals surface area (Å²) >= 11 is 0.668. The lowest BCUT2D eigenvalue weighted by Crippen LogP contribution is -2.51. The average molecular weight is 676 g/mol. The molecule has 4 aromatic rings. The van der Waals surface area contributed by atoms with Crippen LogP contribution in [0.4, 0.5) is 37.2 Å². The number of nitrogens with zero attached hydrogens (tertiary/aromatic N) is 5. The van der Waals surface area contributed by atoms with Crippen LogP contribution in [0.5, 0.6) is 6.01 Å². The number of halogens is 6. The Bertz CT molecular complexity index is 1940. The number of aromatic nitrogens is 2. The summed E-state index contributed by atoms with van der Waals surface area (Å²) in [5.74, 6) is -5.55. The Hall–Kier alpha value is -3.87. The number of nitrogens with one attached hydrogen (secondary N) is 1. The van der Waals surface area contributed by atoms with Crippen molar-refractivity contribution in [2.75, 3.05) is 50.5 Å². The molecule has 0 aliphatic carbocycles. The molecule has 4 atom stereocenters. The van der Waals surface area contributed by atoms with Gasteiger partial charge in [-0.25, -0.2) is 26.3 Å². The van der Waals surface area contributed by atoms with E-state index in [1.165, 1.54) is 0 Å². The SMILES string of the molecule is CN1CC[C@H](C(F)F)[C@](C)(COc2nc(N3C[C@H]4CC[C@@H](C3)N4)c3cc(F)c(-c4c(F)cc(F)c5sc(N)c(C#N)c45)c(F)c3n2)C1. The first kappa shape index (κ1) is 31.7. The van der Waals surface area contributed by atoms with Gasteiger partial charge in [0.15, 0.2) is 5.82 Å². The molecule has 7 rings (SSSR count). The minimum Gasteiger partial charge on any atom is -0.463 e. The molecule has 0 unspecified atom stereocenters. The third kappa shape index (κ3) is 5.30. The molecular formula is C32H31F6N7OS. The molecule has 3 aliphatic rings. The minimum absolute atomic E-state index is 0.00410. The van der Waals surface area contributed by atoms with E-state index in [1.54, 1.807) is 13.0 Å². The van der Waals surface area contributed by atoms with Crippen LogP contribution in [0.3, 0.4) is 0 Å². The summed E-state index contributed by atoms with van der Waals surface area (Å²) in [6, 6.07) is 3.22. The fourth-order valence-corrected chi connectivity index (χ4v) is 8.51. The van der Waals surface area contributed by atoms with Gasteiger partial charge in [-0.3, -0.25) is 0 Å². The zero-order chi connectivity index (χ0) is 33.4. The van der Waals surface area contributed by atoms with E-state index in [0.29, 0.717) is 43.6 Å². The summed E-state index contributed by atoms with van der Waals surface area (Å²) in [5, 5.41) is 12.7. The van der Waals surface area contributed by atoms with Gasteiger partial charge in [-0.15, -0.1) is 11.3 Å². The fourth-order valence-electron chi connectivity index (χ4n) is 7.58. The molecule has 0 spiro atoms. The van der Waals surface area contributed by atoms with Crippen molar-refractivity contribution < 1.29 is 31.1 Å². The molecular weight excluding hydrogens is 644 g/mol. The van der Waals surface area contributed by atoms with Gasteiger partial charge in [0, 0.05) is 65.5 Å². The van der Waals surface area contributed by atoms with Gasteiger partial charge in [-0.05, 0) is 38.9 Å². The smallest absolute Gasteiger partial charge is 0.319 e. The van der Waals surface area contributed by atoms with Crippen LogP contribution in [-0.2, 0) is 0 Å². The van der Waals surface area contributed by atoms with E-state index < -0.39 is 57.7 Å². The highest BCUT2D eigenvalue weighted by Crippen LogP contribution is 2.46. The number of hydrogen-bond acceptors (Lipinski definition) is 9. The Morgan fingerprint density at radius 1 is 1.09 bits per heavy atom. The minimum atomic E-state index is -2.59. The number of rotatable bonds is 6. The molecule has 0 amide bonds. The molecule has 3 aliphatic heterocycles. The lowest BCUT2D eigenvalue weighted by molar-refractivity contribution is -0.0679. The van der Waals surface area contributed by atoms with E-state index in [1.807, 2.05) is 16.8 Å². The number of ether oxygens (including phenoxy) is 1. The Morgan fingerprint density at radius 3 is 2.47 bits per heavy atom. The summed E-state index contributed by atoms with van der Waals surface area (Å²) < 4.78 is 97.2. The second-order valence-electron chi connectivity index (χ2n) is 13.1. The van der Waals surface area contributed by atoms with E-state index in [4.69, 9.17) is 10.5 Å². The van der Waals surface area contributed by atoms with Crippen molar-refractivity contribution >= 4 is 43.1 Å². The summed E-state index contributed by atoms with van der Waals surface area (Å²) in [6.07, 6.45) is -0.511. The first-order valence-corrected chi connectivity index (χ1v) is 16.1. The number of benzene rings is 2. The monoisotopic (exact) mass is 675 g/mol. The average Bonchev–Trinajstić information content (AvgIpc) is 3.54. The molecule has 0 radical (unpaired) electrons. The molecule has 2 aromatic carbocycles. The van der Waals surface area contributed by atoms with E-state index in [2.05, 4.69) is 15.3 Å². The second kappa shape index (κ2) is 11.7. The summed E-state index contributed by atoms with van der Waals surface area (Å²) in [5.41, 5.74) is 2.69. The predicted octanol–water partition coefficient (Wildman–Crippen LogP) is 6.06. The molecule has 0 saturated carbocycles. The van der Waals surface area contributed by atoms with Crippen molar-refractivity contribution in [2.45, 2.75) is 44.7 Å². The van der Waals surface area contributed by atoms with Crippen LogP contribution in [0, 0.1) is 45.9 Å². The summed E-state index contributed by atoms with van der Waals surface area (Å²) in [4.78, 5) is 12.7. The lowest BCUT2D eigenvalue weighted by atomic mass is 9.73. The van der Waals surface area contributed by atoms with Crippen molar-refractivity contribution in [1.29, 1.82) is 5.26 Å². The maximum Gasteiger partial charge on any atom is 0.319 e. The highest BCUT2D eigenvalue weighted by Gasteiger charge is 2.45. The van der Waals surface area contributed by atoms with Crippen molar-refractivity contribution in [3.05, 3.63) is 41.0 Å². The Balaban J connectivity index is 1.40. The Labute approximate surface area is 270 Å². The molecule has 15 heteroatoms. The second-order valence-corrected chi connectivity index (χ2v) is 14.2. The number of hydrogen-bond donors (Lipinski definition) is 2. The molecule has 2 aromatic heterocycles. The van der Waals surface area contributed by atoms with Gasteiger partial charge in [-0.2, -0.15) is 15.2 Å². The number of nitriles is 1. The largest absolute Gasteiger partial charge is 0.463 e. The van der Waals surface area contributed by atoms with Gasteiger partial charge in [0.25, 0.3) is 0 Å². The molecule has 8 nitrogen and oxygen atoms in total. The first-order valence-electron chi connectivity index (χ1n) is 15.3. The molecule has 248 valence electrons. The number of fused-ring (bicyclic) bond motifs is 4. The number of piperazine rings is 1. The highest BCUT2D eigenvalue weighted by atomic mass is 32.1. The van der Waals surface area contributed by atoms with Crippen LogP contribution in [-0.4, -0.2) is 73.2 Å². The predicted molar refractivity (Wildman–Crippen MR) is 167 cm³/mol. The number of likely N-dealkylation sites (tertiary alicyclic amines) is 1. The van der Waals surface area contributed by atoms with Crippen LogP contribution < -0.4 is 20.7 Å². The van der Waals surface area contributed by atoms with Crippen molar-refractivity contribution in [3.8, 4) is 23.2 Å². The number of anilines is 2. The van der Waals surface area contributed by atoms with Gasteiger partial charge < -0.3 is 25.6 Å². The fraction of sp³-hybridized carbons (Fsp3) is 0.469. The third-order valence-corrected chi connectivity index (χ3v) is 10.8. The lowest BCUT2D eigenvalue weighted by Gasteiger charge is -2.44. The van der Waals surface area contributed by atoms with Gasteiger partial charge >= 0.3 is 6.01 Å². The molecule has 3 saturated heterocycles. The number of alkyl halides is 2. The van der Waals surface area contributed by atoms with E-state index in [9.17, 15) is 18.4 Å². The first-order chi connectivity index (χ1) is 22.4. The van der Waals surface area contributed by atoms with E-state index in [-0.39, 0.29) is 63.0 Å². The topological polar surface area (TPSA) is 103 Å². The number of nitrogen functional groups attached to an aromatic ring is 1. The van der Waals surface area contributed by atoms with Crippen LogP contribution in [0.1, 0.15) is 31.7 Å². The molecule has 3 fully saturated rings. The zero-order valence-corrected chi connectivity index (χ0v) is 26.3. The van der Waals surface area contributed by atoms with E-state index >= 15 is 13.2 Å². The van der Waals surface area contributed by atoms with Crippen molar-refractivity contribution in [2.24, 2.45) is 11.3 Å². The standard InChI is InChI=1S/C32H31F6N7OS/c1-32(12-44(2)6-5-18(32)28(37)38)13-46-31-42-26-16(30(43-31)45-10-14-3-4-15(11-45)41-14)7-19(33)24(25(26)36)23-20(34)8-21(35)27-22(23)17(9-39)29(40)47-27/h7-8,14-15,18,28,41H,3-6,10-13,40H2,1-2H3/t14-,15+,18-,32+/m1/s1. The number of nitrogens with two attached hydrogens (primary N) is 1. The van der Waals surface area contributed by atoms with Crippen LogP contribution in [0.2, 0.25) is 0 Å². The van der Waals surface area contributed by atoms with Gasteiger partial charge in [-0.1, -0.05) is 6.92 Å². The van der Waals surface area contributed by atoms with Crippen LogP contribution in [0.25, 0.3) is 32.1 Å². The Kier molecular flexibility index (Phi) is 7.88. The highest BCUT2D eigenvalue weighted by molar-refractivity contribution is 7.23. The Morgan fingerprint density at radius 2 is 1.79 bits per heavy atom. The third-order valence-electron chi connectivity index (χ3n) is 9.80. The van der Waals surface area contributed by atoms with Gasteiger partial charge in [0.2, 0.25) is 6.43 Å². The molecule has 3 N–H and O–H groups in total. The molecule has 2 bridgehead atoms. The van der Waals surface area contributed by atoms with Crippen molar-refractivity contribution in [1.82, 2.24) is 20.2 Å². The van der Waals surface area contributed by atoms with Gasteiger partial charge in [0.1, 0.15) is 39.9 Å². The van der Waals surface area contributed by atoms with Crippen molar-refractivity contribution in [3.63, 3.8) is 0 Å². The maximum atomic E-state index is 16.8. The maximum absolute atomic E-state index is 16.8. The van der Waals surface area contributed by atoms with Crippen LogP contribution in [0.15, 0.2) is 12.1 Å². The number of thiophene rings is 1. The zero-order valence-electron chi connectivity index (χ0n) is 25.5. The normalized spacial score (nSPS) is 24.9.